The van der Waals surface area contributed by atoms with Crippen molar-refractivity contribution in [1.29, 1.82) is 0 Å². The van der Waals surface area contributed by atoms with E-state index in [1.54, 1.807) is 5.57 Å². The second kappa shape index (κ2) is 9.64. The quantitative estimate of drug-likeness (QED) is 0.361. The number of aliphatic hydroxyl groups excluding tert-OH is 2. The minimum absolute atomic E-state index is 0.188. The first-order chi connectivity index (χ1) is 15.5. The molecular formula is C29H48O3S. The van der Waals surface area contributed by atoms with Gasteiger partial charge in [-0.05, 0) is 87.7 Å². The third-order valence-electron chi connectivity index (χ3n) is 10.1. The van der Waals surface area contributed by atoms with Gasteiger partial charge in [-0.15, -0.1) is 0 Å². The minimum atomic E-state index is -0.527. The van der Waals surface area contributed by atoms with Gasteiger partial charge in [-0.2, -0.15) is 11.8 Å². The van der Waals surface area contributed by atoms with Crippen LogP contribution in [0.15, 0.2) is 23.3 Å². The maximum atomic E-state index is 11.1. The molecule has 0 saturated heterocycles. The van der Waals surface area contributed by atoms with Gasteiger partial charge in [0.15, 0.2) is 0 Å². The average Bonchev–Trinajstić information content (AvgIpc) is 3.08. The van der Waals surface area contributed by atoms with E-state index in [0.717, 1.165) is 25.2 Å². The summed E-state index contributed by atoms with van der Waals surface area (Å²) in [6, 6.07) is 0. The average molecular weight is 477 g/mol. The number of unbranched alkanes of at least 4 members (excludes halogenated alkanes) is 2. The van der Waals surface area contributed by atoms with Gasteiger partial charge in [-0.25, -0.2) is 0 Å². The highest BCUT2D eigenvalue weighted by atomic mass is 32.2. The van der Waals surface area contributed by atoms with E-state index >= 15 is 0 Å². The molecule has 0 unspecified atom stereocenters. The Morgan fingerprint density at radius 2 is 1.82 bits per heavy atom. The van der Waals surface area contributed by atoms with Gasteiger partial charge in [0, 0.05) is 17.1 Å². The van der Waals surface area contributed by atoms with Gasteiger partial charge in [0.1, 0.15) is 0 Å². The number of fused-ring (bicyclic) bond motifs is 5. The number of allylic oxidation sites excluding steroid dienone is 3. The molecule has 0 amide bonds. The van der Waals surface area contributed by atoms with Crippen LogP contribution in [-0.4, -0.2) is 44.1 Å². The van der Waals surface area contributed by atoms with Crippen LogP contribution in [0.5, 0.6) is 0 Å². The lowest BCUT2D eigenvalue weighted by atomic mass is 9.49. The molecule has 4 aliphatic rings. The predicted molar refractivity (Wildman–Crippen MR) is 139 cm³/mol. The first-order valence-electron chi connectivity index (χ1n) is 13.6. The van der Waals surface area contributed by atoms with Crippen LogP contribution < -0.4 is 0 Å². The summed E-state index contributed by atoms with van der Waals surface area (Å²) in [5.74, 6) is 3.08. The van der Waals surface area contributed by atoms with Gasteiger partial charge >= 0.3 is 0 Å². The lowest BCUT2D eigenvalue weighted by Gasteiger charge is -2.56. The highest BCUT2D eigenvalue weighted by Gasteiger charge is 2.58. The molecule has 0 aromatic rings. The van der Waals surface area contributed by atoms with Crippen molar-refractivity contribution in [2.45, 2.75) is 122 Å². The number of hydrogen-bond donors (Lipinski definition) is 3. The van der Waals surface area contributed by atoms with E-state index in [4.69, 9.17) is 0 Å². The minimum Gasteiger partial charge on any atom is -0.393 e. The van der Waals surface area contributed by atoms with Crippen molar-refractivity contribution in [2.75, 3.05) is 5.75 Å². The molecule has 188 valence electrons. The molecule has 4 heteroatoms. The zero-order chi connectivity index (χ0) is 24.0. The molecule has 33 heavy (non-hydrogen) atoms. The molecule has 0 spiro atoms. The summed E-state index contributed by atoms with van der Waals surface area (Å²) in [5.41, 5.74) is 2.54. The zero-order valence-electron chi connectivity index (χ0n) is 21.6. The number of hydrogen-bond acceptors (Lipinski definition) is 4. The van der Waals surface area contributed by atoms with Gasteiger partial charge in [0.25, 0.3) is 0 Å². The highest BCUT2D eigenvalue weighted by molar-refractivity contribution is 7.99. The standard InChI is InChI=1S/C29H48O3S/c1-19(33-16-8-6-7-14-27(2,3)32)23-11-12-24-22-10-9-20-17-21(30)18-26(31)29(20,5)25(22)13-15-28(23,24)4/h9-10,19,21,23-26,30-32H,6-8,11-18H2,1-5H3/t19-,21-,23-,24+,25+,26+,28-,29+/m1/s1. The fraction of sp³-hybridized carbons (Fsp3) is 0.862. The third-order valence-corrected chi connectivity index (χ3v) is 11.5. The van der Waals surface area contributed by atoms with Crippen molar-refractivity contribution in [3.05, 3.63) is 23.3 Å². The Bertz CT molecular complexity index is 767. The lowest BCUT2D eigenvalue weighted by molar-refractivity contribution is -0.0526. The molecule has 4 aliphatic carbocycles. The van der Waals surface area contributed by atoms with Crippen LogP contribution in [0.1, 0.15) is 98.8 Å². The van der Waals surface area contributed by atoms with Crippen LogP contribution >= 0.6 is 11.8 Å². The van der Waals surface area contributed by atoms with E-state index in [0.29, 0.717) is 28.9 Å². The molecule has 0 heterocycles. The summed E-state index contributed by atoms with van der Waals surface area (Å²) in [5, 5.41) is 31.9. The molecule has 0 radical (unpaired) electrons. The van der Waals surface area contributed by atoms with Crippen LogP contribution in [0, 0.1) is 28.6 Å². The van der Waals surface area contributed by atoms with Crippen LogP contribution in [0.4, 0.5) is 0 Å². The first kappa shape index (κ1) is 25.8. The van der Waals surface area contributed by atoms with E-state index in [9.17, 15) is 15.3 Å². The number of thioether (sulfide) groups is 1. The smallest absolute Gasteiger partial charge is 0.0661 e. The monoisotopic (exact) mass is 476 g/mol. The fourth-order valence-corrected chi connectivity index (χ4v) is 9.50. The Balaban J connectivity index is 1.39. The summed E-state index contributed by atoms with van der Waals surface area (Å²) < 4.78 is 0. The molecule has 3 nitrogen and oxygen atoms in total. The number of aliphatic hydroxyl groups is 3. The van der Waals surface area contributed by atoms with Crippen molar-refractivity contribution in [2.24, 2.45) is 28.6 Å². The Kier molecular flexibility index (Phi) is 7.53. The molecule has 3 fully saturated rings. The molecule has 4 rings (SSSR count). The van der Waals surface area contributed by atoms with Crippen molar-refractivity contribution in [3.63, 3.8) is 0 Å². The van der Waals surface area contributed by atoms with Gasteiger partial charge in [0.2, 0.25) is 0 Å². The maximum Gasteiger partial charge on any atom is 0.0661 e. The lowest BCUT2D eigenvalue weighted by Crippen LogP contribution is -2.52. The van der Waals surface area contributed by atoms with E-state index in [1.165, 1.54) is 49.9 Å². The summed E-state index contributed by atoms with van der Waals surface area (Å²) in [6.45, 7) is 11.1. The van der Waals surface area contributed by atoms with Gasteiger partial charge in [-0.1, -0.05) is 56.9 Å². The van der Waals surface area contributed by atoms with E-state index in [-0.39, 0.29) is 5.41 Å². The Morgan fingerprint density at radius 3 is 2.55 bits per heavy atom. The molecule has 3 saturated carbocycles. The van der Waals surface area contributed by atoms with E-state index in [1.807, 2.05) is 13.8 Å². The van der Waals surface area contributed by atoms with Crippen LogP contribution in [-0.2, 0) is 0 Å². The maximum absolute atomic E-state index is 11.1. The number of rotatable bonds is 8. The third kappa shape index (κ3) is 4.88. The van der Waals surface area contributed by atoms with Crippen LogP contribution in [0.3, 0.4) is 0 Å². The van der Waals surface area contributed by atoms with E-state index in [2.05, 4.69) is 44.7 Å². The van der Waals surface area contributed by atoms with Crippen molar-refractivity contribution in [3.8, 4) is 0 Å². The topological polar surface area (TPSA) is 60.7 Å². The predicted octanol–water partition coefficient (Wildman–Crippen LogP) is 6.27. The Hall–Kier alpha value is -0.290. The molecular weight excluding hydrogens is 428 g/mol. The Labute approximate surface area is 206 Å². The van der Waals surface area contributed by atoms with Crippen molar-refractivity contribution >= 4 is 11.8 Å². The molecule has 0 aromatic carbocycles. The molecule has 3 N–H and O–H groups in total. The molecule has 0 bridgehead atoms. The Morgan fingerprint density at radius 1 is 1.06 bits per heavy atom. The van der Waals surface area contributed by atoms with Crippen molar-refractivity contribution in [1.82, 2.24) is 0 Å². The second-order valence-corrected chi connectivity index (χ2v) is 14.3. The highest BCUT2D eigenvalue weighted by Crippen LogP contribution is 2.66. The van der Waals surface area contributed by atoms with Gasteiger partial charge in [0.05, 0.1) is 17.8 Å². The molecule has 0 aliphatic heterocycles. The van der Waals surface area contributed by atoms with E-state index < -0.39 is 17.8 Å². The largest absolute Gasteiger partial charge is 0.393 e. The fourth-order valence-electron chi connectivity index (χ4n) is 8.08. The zero-order valence-corrected chi connectivity index (χ0v) is 22.5. The summed E-state index contributed by atoms with van der Waals surface area (Å²) in [6.07, 6.45) is 14.6. The van der Waals surface area contributed by atoms with Crippen molar-refractivity contribution < 1.29 is 15.3 Å². The summed E-state index contributed by atoms with van der Waals surface area (Å²) in [4.78, 5) is 0. The second-order valence-electron chi connectivity index (χ2n) is 12.8. The van der Waals surface area contributed by atoms with Gasteiger partial charge in [-0.3, -0.25) is 0 Å². The SMILES string of the molecule is C[C@@H](SCCCCCC(C)(C)O)[C@H]1CC[C@H]2C3=CC=C4C[C@@H](O)C[C@H](O)[C@]4(C)[C@H]3CC[C@]12C. The van der Waals surface area contributed by atoms with Crippen LogP contribution in [0.25, 0.3) is 0 Å². The first-order valence-corrected chi connectivity index (χ1v) is 14.6. The summed E-state index contributed by atoms with van der Waals surface area (Å²) >= 11 is 2.17. The van der Waals surface area contributed by atoms with Gasteiger partial charge < -0.3 is 15.3 Å². The molecule has 8 atom stereocenters. The van der Waals surface area contributed by atoms with Crippen LogP contribution in [0.2, 0.25) is 0 Å². The summed E-state index contributed by atoms with van der Waals surface area (Å²) in [7, 11) is 0. The molecule has 0 aromatic heterocycles. The normalized spacial score (nSPS) is 41.5.